The van der Waals surface area contributed by atoms with E-state index in [9.17, 15) is 9.59 Å². The van der Waals surface area contributed by atoms with Gasteiger partial charge in [0.25, 0.3) is 5.91 Å². The molecule has 2 aromatic rings. The topological polar surface area (TPSA) is 86.3 Å². The highest BCUT2D eigenvalue weighted by molar-refractivity contribution is 5.97. The number of hydrogen-bond donors (Lipinski definition) is 1. The minimum absolute atomic E-state index is 0.114. The number of nitrogens with zero attached hydrogens (tertiary/aromatic N) is 1. The molecular formula is C22H26N2O6. The van der Waals surface area contributed by atoms with Crippen LogP contribution >= 0.6 is 0 Å². The van der Waals surface area contributed by atoms with Crippen LogP contribution in [0.25, 0.3) is 0 Å². The van der Waals surface area contributed by atoms with Crippen molar-refractivity contribution in [3.8, 4) is 17.2 Å². The minimum atomic E-state index is -0.407. The van der Waals surface area contributed by atoms with Crippen LogP contribution in [0.4, 0.5) is 0 Å². The predicted molar refractivity (Wildman–Crippen MR) is 110 cm³/mol. The van der Waals surface area contributed by atoms with Crippen molar-refractivity contribution in [2.75, 3.05) is 47.6 Å². The second-order valence-electron chi connectivity index (χ2n) is 6.71. The molecule has 0 radical (unpaired) electrons. The van der Waals surface area contributed by atoms with Gasteiger partial charge in [-0.25, -0.2) is 0 Å². The molecule has 8 nitrogen and oxygen atoms in total. The maximum Gasteiger partial charge on any atom is 0.251 e. The van der Waals surface area contributed by atoms with Gasteiger partial charge < -0.3 is 29.2 Å². The first-order chi connectivity index (χ1) is 14.6. The monoisotopic (exact) mass is 414 g/mol. The molecule has 1 fully saturated rings. The number of benzene rings is 2. The van der Waals surface area contributed by atoms with Crippen LogP contribution < -0.4 is 19.5 Å². The minimum Gasteiger partial charge on any atom is -0.493 e. The number of carbonyl (C=O) groups excluding carboxylic acids is 2. The second-order valence-corrected chi connectivity index (χ2v) is 6.71. The summed E-state index contributed by atoms with van der Waals surface area (Å²) >= 11 is 0. The number of nitrogens with one attached hydrogen (secondary N) is 1. The highest BCUT2D eigenvalue weighted by Crippen LogP contribution is 2.38. The van der Waals surface area contributed by atoms with E-state index in [4.69, 9.17) is 18.9 Å². The fraction of sp³-hybridized carbons (Fsp3) is 0.364. The lowest BCUT2D eigenvalue weighted by Crippen LogP contribution is -2.46. The molecule has 1 unspecified atom stereocenters. The number of rotatable bonds is 7. The van der Waals surface area contributed by atoms with Gasteiger partial charge in [0.2, 0.25) is 11.7 Å². The molecule has 1 aliphatic heterocycles. The zero-order chi connectivity index (χ0) is 21.5. The molecule has 2 aromatic carbocycles. The summed E-state index contributed by atoms with van der Waals surface area (Å²) in [5, 5.41) is 2.67. The number of morpholine rings is 1. The number of amides is 2. The van der Waals surface area contributed by atoms with Crippen LogP contribution in [0.2, 0.25) is 0 Å². The van der Waals surface area contributed by atoms with E-state index < -0.39 is 5.91 Å². The standard InChI is InChI=1S/C22H26N2O6/c1-27-17-11-16(12-18(28-2)21(17)29-3)22(26)23-13-20(25)24-9-10-30-19(14-24)15-7-5-4-6-8-15/h4-8,11-12,19H,9-10,13-14H2,1-3H3,(H,23,26). The Balaban J connectivity index is 1.62. The van der Waals surface area contributed by atoms with Crippen molar-refractivity contribution in [2.24, 2.45) is 0 Å². The molecule has 0 spiro atoms. The molecule has 0 aromatic heterocycles. The molecule has 1 aliphatic rings. The zero-order valence-corrected chi connectivity index (χ0v) is 17.3. The summed E-state index contributed by atoms with van der Waals surface area (Å²) in [7, 11) is 4.44. The third kappa shape index (κ3) is 4.83. The zero-order valence-electron chi connectivity index (χ0n) is 17.3. The highest BCUT2D eigenvalue weighted by Gasteiger charge is 2.25. The molecule has 3 rings (SSSR count). The van der Waals surface area contributed by atoms with Crippen LogP contribution in [-0.4, -0.2) is 64.3 Å². The smallest absolute Gasteiger partial charge is 0.251 e. The lowest BCUT2D eigenvalue weighted by atomic mass is 10.1. The molecular weight excluding hydrogens is 388 g/mol. The summed E-state index contributed by atoms with van der Waals surface area (Å²) in [6.07, 6.45) is -0.172. The fourth-order valence-corrected chi connectivity index (χ4v) is 3.33. The molecule has 1 saturated heterocycles. The Morgan fingerprint density at radius 2 is 1.73 bits per heavy atom. The average Bonchev–Trinajstić information content (AvgIpc) is 2.81. The molecule has 2 amide bonds. The van der Waals surface area contributed by atoms with E-state index in [-0.39, 0.29) is 18.6 Å². The van der Waals surface area contributed by atoms with Crippen LogP contribution in [0.1, 0.15) is 22.0 Å². The first kappa shape index (κ1) is 21.4. The van der Waals surface area contributed by atoms with Gasteiger partial charge in [-0.2, -0.15) is 0 Å². The quantitative estimate of drug-likeness (QED) is 0.746. The molecule has 1 atom stereocenters. The van der Waals surface area contributed by atoms with Crippen molar-refractivity contribution in [1.82, 2.24) is 10.2 Å². The SMILES string of the molecule is COc1cc(C(=O)NCC(=O)N2CCOC(c3ccccc3)C2)cc(OC)c1OC. The van der Waals surface area contributed by atoms with E-state index in [0.29, 0.717) is 42.5 Å². The molecule has 0 saturated carbocycles. The Labute approximate surface area is 175 Å². The van der Waals surface area contributed by atoms with Crippen molar-refractivity contribution >= 4 is 11.8 Å². The van der Waals surface area contributed by atoms with Crippen molar-refractivity contribution < 1.29 is 28.5 Å². The molecule has 0 bridgehead atoms. The van der Waals surface area contributed by atoms with E-state index in [1.54, 1.807) is 17.0 Å². The van der Waals surface area contributed by atoms with Gasteiger partial charge in [-0.05, 0) is 17.7 Å². The lowest BCUT2D eigenvalue weighted by Gasteiger charge is -2.33. The van der Waals surface area contributed by atoms with E-state index >= 15 is 0 Å². The van der Waals surface area contributed by atoms with Gasteiger partial charge in [0.15, 0.2) is 11.5 Å². The third-order valence-electron chi connectivity index (χ3n) is 4.92. The number of ether oxygens (including phenoxy) is 4. The maximum absolute atomic E-state index is 12.6. The third-order valence-corrected chi connectivity index (χ3v) is 4.92. The lowest BCUT2D eigenvalue weighted by molar-refractivity contribution is -0.137. The first-order valence-corrected chi connectivity index (χ1v) is 9.60. The summed E-state index contributed by atoms with van der Waals surface area (Å²) in [6, 6.07) is 12.9. The highest BCUT2D eigenvalue weighted by atomic mass is 16.5. The van der Waals surface area contributed by atoms with Crippen LogP contribution in [-0.2, 0) is 9.53 Å². The first-order valence-electron chi connectivity index (χ1n) is 9.60. The van der Waals surface area contributed by atoms with Crippen LogP contribution in [0, 0.1) is 0 Å². The fourth-order valence-electron chi connectivity index (χ4n) is 3.33. The largest absolute Gasteiger partial charge is 0.493 e. The van der Waals surface area contributed by atoms with Crippen LogP contribution in [0.3, 0.4) is 0 Å². The van der Waals surface area contributed by atoms with Gasteiger partial charge in [0.05, 0.1) is 41.0 Å². The number of hydrogen-bond acceptors (Lipinski definition) is 6. The number of methoxy groups -OCH3 is 3. The summed E-state index contributed by atoms with van der Waals surface area (Å²) in [6.45, 7) is 1.27. The summed E-state index contributed by atoms with van der Waals surface area (Å²) in [5.41, 5.74) is 1.33. The van der Waals surface area contributed by atoms with Gasteiger partial charge in [-0.1, -0.05) is 30.3 Å². The van der Waals surface area contributed by atoms with Crippen LogP contribution in [0.15, 0.2) is 42.5 Å². The van der Waals surface area contributed by atoms with E-state index in [1.807, 2.05) is 30.3 Å². The van der Waals surface area contributed by atoms with Crippen molar-refractivity contribution in [2.45, 2.75) is 6.10 Å². The van der Waals surface area contributed by atoms with Crippen LogP contribution in [0.5, 0.6) is 17.2 Å². The normalized spacial score (nSPS) is 16.0. The second kappa shape index (κ2) is 9.98. The van der Waals surface area contributed by atoms with E-state index in [2.05, 4.69) is 5.32 Å². The van der Waals surface area contributed by atoms with Gasteiger partial charge in [-0.15, -0.1) is 0 Å². The predicted octanol–water partition coefficient (Wildman–Crippen LogP) is 2.04. The van der Waals surface area contributed by atoms with E-state index in [0.717, 1.165) is 5.56 Å². The van der Waals surface area contributed by atoms with Gasteiger partial charge in [0, 0.05) is 12.1 Å². The maximum atomic E-state index is 12.6. The summed E-state index contributed by atoms with van der Waals surface area (Å²) in [4.78, 5) is 26.9. The Bertz CT molecular complexity index is 861. The Kier molecular flexibility index (Phi) is 7.13. The Morgan fingerprint density at radius 3 is 2.33 bits per heavy atom. The molecule has 30 heavy (non-hydrogen) atoms. The Morgan fingerprint density at radius 1 is 1.07 bits per heavy atom. The summed E-state index contributed by atoms with van der Waals surface area (Å²) in [5.74, 6) is 0.558. The van der Waals surface area contributed by atoms with Crippen molar-refractivity contribution in [1.29, 1.82) is 0 Å². The molecule has 1 heterocycles. The van der Waals surface area contributed by atoms with Gasteiger partial charge >= 0.3 is 0 Å². The molecule has 8 heteroatoms. The van der Waals surface area contributed by atoms with Gasteiger partial charge in [-0.3, -0.25) is 9.59 Å². The molecule has 0 aliphatic carbocycles. The van der Waals surface area contributed by atoms with E-state index in [1.165, 1.54) is 21.3 Å². The van der Waals surface area contributed by atoms with Crippen molar-refractivity contribution in [3.63, 3.8) is 0 Å². The van der Waals surface area contributed by atoms with Crippen molar-refractivity contribution in [3.05, 3.63) is 53.6 Å². The average molecular weight is 414 g/mol. The Hall–Kier alpha value is -3.26. The molecule has 160 valence electrons. The molecule has 1 N–H and O–H groups in total. The van der Waals surface area contributed by atoms with Gasteiger partial charge in [0.1, 0.15) is 6.10 Å². The summed E-state index contributed by atoms with van der Waals surface area (Å²) < 4.78 is 21.6. The number of carbonyl (C=O) groups is 2.